The molecule has 0 spiro atoms. The number of allylic oxidation sites excluding steroid dienone is 10. The molecule has 4 N–H and O–H groups in total. The Kier molecular flexibility index (Phi) is 38.6. The number of esters is 1. The number of nitrogens with one attached hydrogen (secondary N) is 2. The van der Waals surface area contributed by atoms with Crippen LogP contribution in [0.4, 0.5) is 0 Å². The molecule has 2 atom stereocenters. The number of amides is 2. The van der Waals surface area contributed by atoms with Gasteiger partial charge in [0.2, 0.25) is 11.8 Å². The summed E-state index contributed by atoms with van der Waals surface area (Å²) in [7, 11) is 0. The summed E-state index contributed by atoms with van der Waals surface area (Å²) in [6, 6.07) is -1.39. The second-order valence-corrected chi connectivity index (χ2v) is 14.7. The molecular weight excluding hydrogens is 705 g/mol. The summed E-state index contributed by atoms with van der Waals surface area (Å²) in [4.78, 5) is 47.6. The lowest BCUT2D eigenvalue weighted by atomic mass is 10.0. The molecule has 0 aliphatic rings. The second-order valence-electron chi connectivity index (χ2n) is 14.7. The van der Waals surface area contributed by atoms with Crippen LogP contribution in [0.5, 0.6) is 0 Å². The number of aliphatic carboxylic acids is 1. The molecule has 0 aromatic heterocycles. The fourth-order valence-electron chi connectivity index (χ4n) is 6.11. The van der Waals surface area contributed by atoms with Crippen molar-refractivity contribution in [2.24, 2.45) is 0 Å². The minimum Gasteiger partial charge on any atom is -0.480 e. The number of carboxylic acid groups (broad SMARTS) is 1. The van der Waals surface area contributed by atoms with Gasteiger partial charge in [-0.2, -0.15) is 0 Å². The van der Waals surface area contributed by atoms with Crippen molar-refractivity contribution in [3.8, 4) is 0 Å². The summed E-state index contributed by atoms with van der Waals surface area (Å²) >= 11 is 0. The standard InChI is InChI=1S/C47H80N2O7/c1-3-5-7-9-11-13-15-17-18-20-21-23-25-28-32-36-42(56-46(53)39-35-31-26-24-22-19-16-14-12-10-8-6-4-2)37-33-29-27-30-34-38-44(51)48-40-45(52)49-43(41-50)47(54)55/h5,7,11,13-14,16-18,21,23,42-43,50H,3-4,6,8-10,12,15,19-20,22,24-41H2,1-2H3,(H,48,51)(H,49,52)(H,54,55)/b7-5-,13-11-,16-14-,18-17-,23-21-. The molecule has 0 aromatic carbocycles. The van der Waals surface area contributed by atoms with Crippen LogP contribution < -0.4 is 10.6 Å². The SMILES string of the molecule is CC/C=C\C/C=C\C/C=C\C/C=C\CCCCC(CCCCCCCC(=O)NCC(=O)NC(CO)C(=O)O)OC(=O)CCCCCCC/C=C\CCCCCC. The molecule has 2 unspecified atom stereocenters. The van der Waals surface area contributed by atoms with Gasteiger partial charge in [0.05, 0.1) is 13.2 Å². The largest absolute Gasteiger partial charge is 0.480 e. The minimum absolute atomic E-state index is 0.0582. The zero-order valence-corrected chi connectivity index (χ0v) is 35.4. The van der Waals surface area contributed by atoms with Crippen LogP contribution in [0, 0.1) is 0 Å². The molecule has 2 amide bonds. The summed E-state index contributed by atoms with van der Waals surface area (Å²) in [5.74, 6) is -2.34. The molecule has 9 nitrogen and oxygen atoms in total. The topological polar surface area (TPSA) is 142 Å². The Balaban J connectivity index is 4.45. The van der Waals surface area contributed by atoms with E-state index < -0.39 is 24.5 Å². The van der Waals surface area contributed by atoms with Crippen molar-refractivity contribution in [2.75, 3.05) is 13.2 Å². The number of unbranched alkanes of at least 4 members (excludes halogenated alkanes) is 15. The summed E-state index contributed by atoms with van der Waals surface area (Å²) in [5, 5.41) is 22.6. The molecule has 0 heterocycles. The van der Waals surface area contributed by atoms with Crippen LogP contribution in [0.15, 0.2) is 60.8 Å². The maximum absolute atomic E-state index is 12.8. The number of hydrogen-bond donors (Lipinski definition) is 4. The van der Waals surface area contributed by atoms with E-state index in [0.717, 1.165) is 109 Å². The van der Waals surface area contributed by atoms with Crippen molar-refractivity contribution >= 4 is 23.8 Å². The maximum atomic E-state index is 12.8. The van der Waals surface area contributed by atoms with Crippen molar-refractivity contribution in [1.29, 1.82) is 0 Å². The highest BCUT2D eigenvalue weighted by molar-refractivity contribution is 5.87. The number of hydrogen-bond acceptors (Lipinski definition) is 6. The minimum atomic E-state index is -1.39. The van der Waals surface area contributed by atoms with Crippen LogP contribution in [0.1, 0.15) is 187 Å². The normalized spacial score (nSPS) is 13.1. The quantitative estimate of drug-likeness (QED) is 0.0276. The van der Waals surface area contributed by atoms with Crippen LogP contribution >= 0.6 is 0 Å². The average Bonchev–Trinajstić information content (AvgIpc) is 3.18. The summed E-state index contributed by atoms with van der Waals surface area (Å²) < 4.78 is 6.01. The Hall–Kier alpha value is -3.46. The number of carbonyl (C=O) groups excluding carboxylic acids is 3. The van der Waals surface area contributed by atoms with Gasteiger partial charge in [-0.15, -0.1) is 0 Å². The molecule has 0 rings (SSSR count). The Morgan fingerprint density at radius 2 is 1.02 bits per heavy atom. The van der Waals surface area contributed by atoms with Gasteiger partial charge in [-0.25, -0.2) is 4.79 Å². The third kappa shape index (κ3) is 37.5. The van der Waals surface area contributed by atoms with Gasteiger partial charge < -0.3 is 25.6 Å². The molecule has 0 aliphatic heterocycles. The summed E-state index contributed by atoms with van der Waals surface area (Å²) in [6.07, 6.45) is 49.6. The zero-order valence-electron chi connectivity index (χ0n) is 35.4. The van der Waals surface area contributed by atoms with Gasteiger partial charge in [0.1, 0.15) is 12.1 Å². The summed E-state index contributed by atoms with van der Waals surface area (Å²) in [6.45, 7) is 3.34. The van der Waals surface area contributed by atoms with Crippen LogP contribution in [0.2, 0.25) is 0 Å². The van der Waals surface area contributed by atoms with E-state index in [4.69, 9.17) is 14.9 Å². The van der Waals surface area contributed by atoms with E-state index in [-0.39, 0.29) is 30.9 Å². The highest BCUT2D eigenvalue weighted by atomic mass is 16.5. The first kappa shape index (κ1) is 52.5. The number of carboxylic acids is 1. The molecule has 0 bridgehead atoms. The molecule has 56 heavy (non-hydrogen) atoms. The van der Waals surface area contributed by atoms with Crippen LogP contribution in [0.3, 0.4) is 0 Å². The maximum Gasteiger partial charge on any atom is 0.328 e. The molecular formula is C47H80N2O7. The third-order valence-electron chi connectivity index (χ3n) is 9.50. The van der Waals surface area contributed by atoms with E-state index in [0.29, 0.717) is 12.8 Å². The molecule has 0 aromatic rings. The van der Waals surface area contributed by atoms with Crippen LogP contribution in [-0.2, 0) is 23.9 Å². The van der Waals surface area contributed by atoms with E-state index in [2.05, 4.69) is 85.2 Å². The van der Waals surface area contributed by atoms with Crippen molar-refractivity contribution < 1.29 is 34.1 Å². The molecule has 9 heteroatoms. The highest BCUT2D eigenvalue weighted by Gasteiger charge is 2.19. The highest BCUT2D eigenvalue weighted by Crippen LogP contribution is 2.18. The van der Waals surface area contributed by atoms with Gasteiger partial charge in [-0.3, -0.25) is 14.4 Å². The third-order valence-corrected chi connectivity index (χ3v) is 9.50. The van der Waals surface area contributed by atoms with Crippen LogP contribution in [-0.4, -0.2) is 59.3 Å². The Morgan fingerprint density at radius 1 is 0.554 bits per heavy atom. The van der Waals surface area contributed by atoms with Crippen LogP contribution in [0.25, 0.3) is 0 Å². The fourth-order valence-corrected chi connectivity index (χ4v) is 6.11. The molecule has 0 radical (unpaired) electrons. The number of aliphatic hydroxyl groups excluding tert-OH is 1. The van der Waals surface area contributed by atoms with Gasteiger partial charge in [0.15, 0.2) is 0 Å². The van der Waals surface area contributed by atoms with E-state index in [9.17, 15) is 19.2 Å². The number of ether oxygens (including phenoxy) is 1. The summed E-state index contributed by atoms with van der Waals surface area (Å²) in [5.41, 5.74) is 0. The molecule has 0 saturated carbocycles. The van der Waals surface area contributed by atoms with Gasteiger partial charge in [-0.05, 0) is 103 Å². The smallest absolute Gasteiger partial charge is 0.328 e. The molecule has 320 valence electrons. The first-order chi connectivity index (χ1) is 27.3. The number of carbonyl (C=O) groups is 4. The first-order valence-electron chi connectivity index (χ1n) is 22.2. The number of aliphatic hydroxyl groups is 1. The molecule has 0 saturated heterocycles. The van der Waals surface area contributed by atoms with E-state index >= 15 is 0 Å². The predicted molar refractivity (Wildman–Crippen MR) is 231 cm³/mol. The van der Waals surface area contributed by atoms with Gasteiger partial charge in [-0.1, -0.05) is 132 Å². The lowest BCUT2D eigenvalue weighted by molar-refractivity contribution is -0.150. The van der Waals surface area contributed by atoms with Gasteiger partial charge in [0, 0.05) is 12.8 Å². The van der Waals surface area contributed by atoms with E-state index in [1.165, 1.54) is 44.9 Å². The van der Waals surface area contributed by atoms with E-state index in [1.807, 2.05) is 0 Å². The van der Waals surface area contributed by atoms with Crippen molar-refractivity contribution in [3.05, 3.63) is 60.8 Å². The Bertz CT molecular complexity index is 1130. The second kappa shape index (κ2) is 41.2. The predicted octanol–water partition coefficient (Wildman–Crippen LogP) is 10.9. The monoisotopic (exact) mass is 785 g/mol. The lowest BCUT2D eigenvalue weighted by Gasteiger charge is -2.18. The van der Waals surface area contributed by atoms with Crippen molar-refractivity contribution in [2.45, 2.75) is 199 Å². The van der Waals surface area contributed by atoms with Gasteiger partial charge in [0.25, 0.3) is 0 Å². The lowest BCUT2D eigenvalue weighted by Crippen LogP contribution is -2.47. The van der Waals surface area contributed by atoms with Crippen molar-refractivity contribution in [1.82, 2.24) is 10.6 Å². The zero-order chi connectivity index (χ0) is 41.2. The van der Waals surface area contributed by atoms with Crippen molar-refractivity contribution in [3.63, 3.8) is 0 Å². The molecule has 0 aliphatic carbocycles. The fraction of sp³-hybridized carbons (Fsp3) is 0.702. The number of rotatable bonds is 39. The Morgan fingerprint density at radius 3 is 1.59 bits per heavy atom. The Labute approximate surface area is 341 Å². The van der Waals surface area contributed by atoms with Gasteiger partial charge >= 0.3 is 11.9 Å². The first-order valence-corrected chi connectivity index (χ1v) is 22.2. The molecule has 0 fully saturated rings. The van der Waals surface area contributed by atoms with E-state index in [1.54, 1.807) is 0 Å². The average molecular weight is 785 g/mol.